The number of fused-ring (bicyclic) bond motifs is 2. The number of carbonyl (C=O) groups excluding carboxylic acids is 1. The number of anilines is 1. The van der Waals surface area contributed by atoms with Gasteiger partial charge in [0.1, 0.15) is 11.7 Å². The third kappa shape index (κ3) is 3.13. The van der Waals surface area contributed by atoms with Crippen molar-refractivity contribution < 1.29 is 19.2 Å². The lowest BCUT2D eigenvalue weighted by Crippen LogP contribution is -2.55. The van der Waals surface area contributed by atoms with Gasteiger partial charge in [0.25, 0.3) is 5.69 Å². The molecule has 5 fully saturated rings. The van der Waals surface area contributed by atoms with Crippen molar-refractivity contribution >= 4 is 17.3 Å². The molecular weight excluding hydrogens is 422 g/mol. The summed E-state index contributed by atoms with van der Waals surface area (Å²) in [7, 11) is 0. The van der Waals surface area contributed by atoms with E-state index in [4.69, 9.17) is 9.47 Å². The Balaban J connectivity index is 1.11. The van der Waals surface area contributed by atoms with Gasteiger partial charge in [-0.25, -0.2) is 0 Å². The standard InChI is InChI=1S/C25H33N3O5/c1-16-4-3-9-24(2)14-20-21(22-25(16,24)33-22)19(23(29)32-20)15-26-10-12-27(13-11-26)17-5-7-18(8-6-17)28(30)31/h5-8,16,19-22H,3-4,9-15H2,1-2H3. The van der Waals surface area contributed by atoms with Crippen LogP contribution in [-0.2, 0) is 14.3 Å². The number of epoxide rings is 1. The molecule has 2 saturated carbocycles. The third-order valence-electron chi connectivity index (χ3n) is 9.45. The van der Waals surface area contributed by atoms with Crippen LogP contribution < -0.4 is 4.90 Å². The molecule has 7 unspecified atom stereocenters. The fraction of sp³-hybridized carbons (Fsp3) is 0.720. The Morgan fingerprint density at radius 2 is 1.91 bits per heavy atom. The molecule has 6 rings (SSSR count). The molecule has 33 heavy (non-hydrogen) atoms. The zero-order valence-electron chi connectivity index (χ0n) is 19.4. The third-order valence-corrected chi connectivity index (χ3v) is 9.45. The van der Waals surface area contributed by atoms with E-state index in [9.17, 15) is 14.9 Å². The predicted molar refractivity (Wildman–Crippen MR) is 122 cm³/mol. The number of benzene rings is 1. The van der Waals surface area contributed by atoms with Gasteiger partial charge < -0.3 is 14.4 Å². The van der Waals surface area contributed by atoms with Crippen LogP contribution in [0.25, 0.3) is 0 Å². The quantitative estimate of drug-likeness (QED) is 0.298. The minimum Gasteiger partial charge on any atom is -0.462 e. The van der Waals surface area contributed by atoms with Crippen LogP contribution in [0.2, 0.25) is 0 Å². The van der Waals surface area contributed by atoms with Crippen molar-refractivity contribution in [1.29, 1.82) is 0 Å². The maximum atomic E-state index is 13.0. The molecule has 0 N–H and O–H groups in total. The minimum atomic E-state index is -0.370. The average Bonchev–Trinajstić information content (AvgIpc) is 3.49. The second-order valence-electron chi connectivity index (χ2n) is 11.1. The highest BCUT2D eigenvalue weighted by atomic mass is 16.6. The number of nitro benzene ring substituents is 1. The normalized spacial score (nSPS) is 42.2. The molecule has 0 radical (unpaired) electrons. The lowest BCUT2D eigenvalue weighted by molar-refractivity contribution is -0.384. The number of carbonyl (C=O) groups is 1. The lowest BCUT2D eigenvalue weighted by atomic mass is 9.53. The first-order valence-electron chi connectivity index (χ1n) is 12.4. The van der Waals surface area contributed by atoms with Gasteiger partial charge in [-0.15, -0.1) is 0 Å². The summed E-state index contributed by atoms with van der Waals surface area (Å²) in [5, 5.41) is 10.9. The Morgan fingerprint density at radius 1 is 1.18 bits per heavy atom. The highest BCUT2D eigenvalue weighted by molar-refractivity contribution is 5.76. The summed E-state index contributed by atoms with van der Waals surface area (Å²) in [5.74, 6) is 0.579. The van der Waals surface area contributed by atoms with Crippen LogP contribution in [0.15, 0.2) is 24.3 Å². The van der Waals surface area contributed by atoms with Gasteiger partial charge in [-0.2, -0.15) is 0 Å². The molecule has 0 amide bonds. The van der Waals surface area contributed by atoms with E-state index in [1.807, 2.05) is 12.1 Å². The molecule has 0 bridgehead atoms. The Morgan fingerprint density at radius 3 is 2.61 bits per heavy atom. The molecule has 3 saturated heterocycles. The summed E-state index contributed by atoms with van der Waals surface area (Å²) in [5.41, 5.74) is 1.20. The molecule has 8 heteroatoms. The zero-order valence-corrected chi connectivity index (χ0v) is 19.4. The number of nitro groups is 1. The highest BCUT2D eigenvalue weighted by Crippen LogP contribution is 2.70. The maximum absolute atomic E-state index is 13.0. The number of non-ortho nitro benzene ring substituents is 1. The molecule has 2 aliphatic carbocycles. The molecule has 178 valence electrons. The van der Waals surface area contributed by atoms with Crippen molar-refractivity contribution in [2.45, 2.75) is 57.3 Å². The summed E-state index contributed by atoms with van der Waals surface area (Å²) in [6, 6.07) is 6.76. The number of esters is 1. The van der Waals surface area contributed by atoms with Crippen molar-refractivity contribution in [2.75, 3.05) is 37.6 Å². The number of piperazine rings is 1. The Labute approximate surface area is 194 Å². The lowest BCUT2D eigenvalue weighted by Gasteiger charge is -2.49. The van der Waals surface area contributed by atoms with E-state index >= 15 is 0 Å². The van der Waals surface area contributed by atoms with Crippen LogP contribution in [0.3, 0.4) is 0 Å². The Bertz CT molecular complexity index is 961. The van der Waals surface area contributed by atoms with Gasteiger partial charge in [0.05, 0.1) is 16.9 Å². The van der Waals surface area contributed by atoms with E-state index < -0.39 is 0 Å². The van der Waals surface area contributed by atoms with Crippen LogP contribution in [0.1, 0.15) is 39.5 Å². The van der Waals surface area contributed by atoms with Gasteiger partial charge in [0.15, 0.2) is 0 Å². The fourth-order valence-corrected chi connectivity index (χ4v) is 7.69. The first-order valence-corrected chi connectivity index (χ1v) is 12.4. The smallest absolute Gasteiger partial charge is 0.311 e. The molecule has 1 aromatic carbocycles. The van der Waals surface area contributed by atoms with E-state index in [0.717, 1.165) is 44.8 Å². The van der Waals surface area contributed by atoms with Crippen LogP contribution in [-0.4, -0.2) is 66.3 Å². The van der Waals surface area contributed by atoms with Crippen molar-refractivity contribution in [1.82, 2.24) is 4.90 Å². The van der Waals surface area contributed by atoms with Gasteiger partial charge in [-0.1, -0.05) is 20.3 Å². The number of nitrogens with zero attached hydrogens (tertiary/aromatic N) is 3. The second kappa shape index (κ2) is 7.40. The Hall–Kier alpha value is -2.19. The number of hydrogen-bond acceptors (Lipinski definition) is 7. The summed E-state index contributed by atoms with van der Waals surface area (Å²) in [4.78, 5) is 28.1. The highest BCUT2D eigenvalue weighted by Gasteiger charge is 2.78. The van der Waals surface area contributed by atoms with Crippen LogP contribution in [0, 0.1) is 33.3 Å². The largest absolute Gasteiger partial charge is 0.462 e. The minimum absolute atomic E-state index is 0.000163. The van der Waals surface area contributed by atoms with Crippen LogP contribution >= 0.6 is 0 Å². The maximum Gasteiger partial charge on any atom is 0.311 e. The first-order chi connectivity index (χ1) is 15.8. The summed E-state index contributed by atoms with van der Waals surface area (Å²) in [6.07, 6.45) is 4.73. The second-order valence-corrected chi connectivity index (χ2v) is 11.1. The van der Waals surface area contributed by atoms with E-state index in [-0.39, 0.29) is 51.6 Å². The zero-order chi connectivity index (χ0) is 23.0. The predicted octanol–water partition coefficient (Wildman–Crippen LogP) is 3.24. The first kappa shape index (κ1) is 21.4. The van der Waals surface area contributed by atoms with Crippen molar-refractivity contribution in [2.24, 2.45) is 23.2 Å². The van der Waals surface area contributed by atoms with Gasteiger partial charge in [0.2, 0.25) is 0 Å². The van der Waals surface area contributed by atoms with Crippen molar-refractivity contribution in [3.63, 3.8) is 0 Å². The topological polar surface area (TPSA) is 88.5 Å². The van der Waals surface area contributed by atoms with Crippen molar-refractivity contribution in [3.8, 4) is 0 Å². The Kier molecular flexibility index (Phi) is 4.79. The number of rotatable bonds is 4. The molecule has 3 aliphatic heterocycles. The van der Waals surface area contributed by atoms with Gasteiger partial charge >= 0.3 is 5.97 Å². The van der Waals surface area contributed by atoms with Gasteiger partial charge in [-0.3, -0.25) is 19.8 Å². The fourth-order valence-electron chi connectivity index (χ4n) is 7.69. The average molecular weight is 456 g/mol. The summed E-state index contributed by atoms with van der Waals surface area (Å²) in [6.45, 7) is 8.83. The van der Waals surface area contributed by atoms with E-state index in [0.29, 0.717) is 5.92 Å². The molecular formula is C25H33N3O5. The number of ether oxygens (including phenoxy) is 2. The van der Waals surface area contributed by atoms with E-state index in [1.54, 1.807) is 12.1 Å². The molecule has 1 spiro atoms. The molecule has 1 aromatic rings. The molecule has 0 aromatic heterocycles. The molecule has 3 heterocycles. The molecule has 8 nitrogen and oxygen atoms in total. The summed E-state index contributed by atoms with van der Waals surface area (Å²) < 4.78 is 12.5. The monoisotopic (exact) mass is 455 g/mol. The summed E-state index contributed by atoms with van der Waals surface area (Å²) >= 11 is 0. The molecule has 7 atom stereocenters. The van der Waals surface area contributed by atoms with E-state index in [1.165, 1.54) is 19.3 Å². The van der Waals surface area contributed by atoms with Gasteiger partial charge in [-0.05, 0) is 37.3 Å². The van der Waals surface area contributed by atoms with Gasteiger partial charge in [0, 0.05) is 61.9 Å². The molecule has 5 aliphatic rings. The van der Waals surface area contributed by atoms with Crippen LogP contribution in [0.5, 0.6) is 0 Å². The number of hydrogen-bond donors (Lipinski definition) is 0. The van der Waals surface area contributed by atoms with Crippen molar-refractivity contribution in [3.05, 3.63) is 34.4 Å². The van der Waals surface area contributed by atoms with E-state index in [2.05, 4.69) is 23.6 Å². The SMILES string of the molecule is CC1CCCC2(C)CC3OC(=O)C(CN4CCN(c5ccc([N+](=O)[O-])cc5)CC4)C3C3OC132. The van der Waals surface area contributed by atoms with Crippen LogP contribution in [0.4, 0.5) is 11.4 Å².